The van der Waals surface area contributed by atoms with Crippen LogP contribution in [0.4, 0.5) is 5.69 Å². The van der Waals surface area contributed by atoms with E-state index in [-0.39, 0.29) is 32.6 Å². The number of carbonyl (C=O) groups excluding carboxylic acids is 1. The Balaban J connectivity index is 1.74. The monoisotopic (exact) mass is 428 g/mol. The maximum absolute atomic E-state index is 12.5. The number of halogens is 2. The minimum atomic E-state index is -3.87. The summed E-state index contributed by atoms with van der Waals surface area (Å²) in [5.41, 5.74) is 0.628. The number of hydrogen-bond donors (Lipinski definition) is 2. The molecule has 1 atom stereocenters. The number of ether oxygens (including phenoxy) is 1. The average Bonchev–Trinajstić information content (AvgIpc) is 2.64. The first-order chi connectivity index (χ1) is 12.8. The Morgan fingerprint density at radius 3 is 2.63 bits per heavy atom. The average molecular weight is 429 g/mol. The van der Waals surface area contributed by atoms with Gasteiger partial charge in [0.25, 0.3) is 15.9 Å². The second-order valence-electron chi connectivity index (χ2n) is 6.15. The molecule has 6 nitrogen and oxygen atoms in total. The molecule has 27 heavy (non-hydrogen) atoms. The zero-order valence-electron chi connectivity index (χ0n) is 14.2. The van der Waals surface area contributed by atoms with E-state index in [0.717, 1.165) is 12.8 Å². The van der Waals surface area contributed by atoms with Gasteiger partial charge in [-0.05, 0) is 49.2 Å². The Labute approximate surface area is 167 Å². The van der Waals surface area contributed by atoms with Crippen LogP contribution in [-0.2, 0) is 14.8 Å². The van der Waals surface area contributed by atoms with E-state index in [1.807, 2.05) is 0 Å². The van der Waals surface area contributed by atoms with Crippen molar-refractivity contribution in [1.82, 2.24) is 5.32 Å². The highest BCUT2D eigenvalue weighted by Gasteiger charge is 2.19. The van der Waals surface area contributed by atoms with E-state index >= 15 is 0 Å². The number of benzene rings is 2. The van der Waals surface area contributed by atoms with Crippen LogP contribution in [0, 0.1) is 0 Å². The van der Waals surface area contributed by atoms with Crippen molar-refractivity contribution in [1.29, 1.82) is 0 Å². The highest BCUT2D eigenvalue weighted by molar-refractivity contribution is 7.92. The van der Waals surface area contributed by atoms with E-state index in [1.54, 1.807) is 18.2 Å². The molecule has 1 fully saturated rings. The lowest BCUT2D eigenvalue weighted by Gasteiger charge is -2.23. The van der Waals surface area contributed by atoms with E-state index in [2.05, 4.69) is 10.0 Å². The van der Waals surface area contributed by atoms with Crippen LogP contribution in [0.25, 0.3) is 0 Å². The number of amides is 1. The molecule has 9 heteroatoms. The number of sulfonamides is 1. The van der Waals surface area contributed by atoms with E-state index < -0.39 is 10.0 Å². The highest BCUT2D eigenvalue weighted by Crippen LogP contribution is 2.26. The van der Waals surface area contributed by atoms with Gasteiger partial charge in [0.2, 0.25) is 0 Å². The summed E-state index contributed by atoms with van der Waals surface area (Å²) in [4.78, 5) is 12.4. The summed E-state index contributed by atoms with van der Waals surface area (Å²) >= 11 is 11.7. The van der Waals surface area contributed by atoms with Gasteiger partial charge in [0, 0.05) is 17.9 Å². The summed E-state index contributed by atoms with van der Waals surface area (Å²) in [5, 5.41) is 3.30. The van der Waals surface area contributed by atoms with Crippen LogP contribution in [0.15, 0.2) is 47.4 Å². The van der Waals surface area contributed by atoms with E-state index in [4.69, 9.17) is 27.9 Å². The molecule has 0 bridgehead atoms. The number of carbonyl (C=O) groups is 1. The zero-order chi connectivity index (χ0) is 19.4. The van der Waals surface area contributed by atoms with Crippen LogP contribution in [0.1, 0.15) is 23.2 Å². The molecule has 1 heterocycles. The summed E-state index contributed by atoms with van der Waals surface area (Å²) in [6.07, 6.45) is 1.75. The second-order valence-corrected chi connectivity index (χ2v) is 8.65. The maximum Gasteiger partial charge on any atom is 0.261 e. The molecule has 0 aliphatic carbocycles. The summed E-state index contributed by atoms with van der Waals surface area (Å²) in [5.74, 6) is -0.277. The van der Waals surface area contributed by atoms with Crippen molar-refractivity contribution in [2.75, 3.05) is 17.9 Å². The molecular weight excluding hydrogens is 411 g/mol. The van der Waals surface area contributed by atoms with Crippen molar-refractivity contribution in [2.45, 2.75) is 23.8 Å². The number of hydrogen-bond acceptors (Lipinski definition) is 4. The standard InChI is InChI=1S/C18H18Cl2N2O4S/c19-16-7-6-15(10-17(16)20)27(24,25)22-13-4-1-3-12(9-13)18(23)21-14-5-2-8-26-11-14/h1,3-4,6-7,9-10,14,22H,2,5,8,11H2,(H,21,23). The molecule has 1 amide bonds. The van der Waals surface area contributed by atoms with Crippen molar-refractivity contribution >= 4 is 44.8 Å². The SMILES string of the molecule is O=C(NC1CCCOC1)c1cccc(NS(=O)(=O)c2ccc(Cl)c(Cl)c2)c1. The third kappa shape index (κ3) is 5.13. The van der Waals surface area contributed by atoms with Gasteiger partial charge in [0.1, 0.15) is 0 Å². The molecular formula is C18H18Cl2N2O4S. The van der Waals surface area contributed by atoms with Crippen molar-refractivity contribution in [2.24, 2.45) is 0 Å². The van der Waals surface area contributed by atoms with Crippen LogP contribution in [0.2, 0.25) is 10.0 Å². The van der Waals surface area contributed by atoms with Gasteiger partial charge in [-0.25, -0.2) is 8.42 Å². The van der Waals surface area contributed by atoms with Crippen molar-refractivity contribution in [3.63, 3.8) is 0 Å². The van der Waals surface area contributed by atoms with Crippen LogP contribution in [0.5, 0.6) is 0 Å². The van der Waals surface area contributed by atoms with Gasteiger partial charge in [-0.2, -0.15) is 0 Å². The number of rotatable bonds is 5. The predicted octanol–water partition coefficient (Wildman–Crippen LogP) is 3.70. The fourth-order valence-corrected chi connectivity index (χ4v) is 4.14. The minimum Gasteiger partial charge on any atom is -0.379 e. The Bertz CT molecular complexity index is 944. The summed E-state index contributed by atoms with van der Waals surface area (Å²) in [6.45, 7) is 1.19. The van der Waals surface area contributed by atoms with Crippen LogP contribution in [0.3, 0.4) is 0 Å². The lowest BCUT2D eigenvalue weighted by Crippen LogP contribution is -2.40. The van der Waals surface area contributed by atoms with E-state index in [0.29, 0.717) is 18.8 Å². The van der Waals surface area contributed by atoms with Gasteiger partial charge < -0.3 is 10.1 Å². The molecule has 1 saturated heterocycles. The van der Waals surface area contributed by atoms with Gasteiger partial charge in [-0.3, -0.25) is 9.52 Å². The predicted molar refractivity (Wildman–Crippen MR) is 105 cm³/mol. The molecule has 2 aromatic rings. The van der Waals surface area contributed by atoms with Crippen LogP contribution in [-0.4, -0.2) is 33.6 Å². The normalized spacial score (nSPS) is 17.3. The second kappa shape index (κ2) is 8.48. The molecule has 1 aliphatic heterocycles. The van der Waals surface area contributed by atoms with Gasteiger partial charge in [-0.1, -0.05) is 29.3 Å². The molecule has 3 rings (SSSR count). The van der Waals surface area contributed by atoms with Gasteiger partial charge in [0.15, 0.2) is 0 Å². The van der Waals surface area contributed by atoms with E-state index in [1.165, 1.54) is 24.3 Å². The maximum atomic E-state index is 12.5. The zero-order valence-corrected chi connectivity index (χ0v) is 16.6. The minimum absolute atomic E-state index is 0.0221. The fraction of sp³-hybridized carbons (Fsp3) is 0.278. The first kappa shape index (κ1) is 19.9. The summed E-state index contributed by atoms with van der Waals surface area (Å²) < 4.78 is 32.9. The third-order valence-electron chi connectivity index (χ3n) is 4.07. The van der Waals surface area contributed by atoms with Gasteiger partial charge in [0.05, 0.1) is 27.6 Å². The lowest BCUT2D eigenvalue weighted by atomic mass is 10.1. The lowest BCUT2D eigenvalue weighted by molar-refractivity contribution is 0.0624. The first-order valence-electron chi connectivity index (χ1n) is 8.32. The molecule has 144 valence electrons. The molecule has 2 N–H and O–H groups in total. The van der Waals surface area contributed by atoms with Gasteiger partial charge >= 0.3 is 0 Å². The smallest absolute Gasteiger partial charge is 0.261 e. The third-order valence-corrected chi connectivity index (χ3v) is 6.19. The van der Waals surface area contributed by atoms with Gasteiger partial charge in [-0.15, -0.1) is 0 Å². The summed E-state index contributed by atoms with van der Waals surface area (Å²) in [7, 11) is -3.87. The molecule has 0 saturated carbocycles. The molecule has 2 aromatic carbocycles. The Hall–Kier alpha value is -1.80. The van der Waals surface area contributed by atoms with E-state index in [9.17, 15) is 13.2 Å². The van der Waals surface area contributed by atoms with Crippen LogP contribution < -0.4 is 10.0 Å². The first-order valence-corrected chi connectivity index (χ1v) is 10.6. The number of nitrogens with one attached hydrogen (secondary N) is 2. The van der Waals surface area contributed by atoms with Crippen molar-refractivity contribution < 1.29 is 17.9 Å². The Morgan fingerprint density at radius 2 is 1.93 bits per heavy atom. The Morgan fingerprint density at radius 1 is 1.11 bits per heavy atom. The quantitative estimate of drug-likeness (QED) is 0.759. The highest BCUT2D eigenvalue weighted by atomic mass is 35.5. The Kier molecular flexibility index (Phi) is 6.26. The number of anilines is 1. The fourth-order valence-electron chi connectivity index (χ4n) is 2.71. The molecule has 1 aliphatic rings. The van der Waals surface area contributed by atoms with Crippen LogP contribution >= 0.6 is 23.2 Å². The molecule has 0 aromatic heterocycles. The molecule has 1 unspecified atom stereocenters. The summed E-state index contributed by atoms with van der Waals surface area (Å²) in [6, 6.07) is 10.3. The topological polar surface area (TPSA) is 84.5 Å². The van der Waals surface area contributed by atoms with Crippen molar-refractivity contribution in [3.05, 3.63) is 58.1 Å². The van der Waals surface area contributed by atoms with Crippen molar-refractivity contribution in [3.8, 4) is 0 Å². The largest absolute Gasteiger partial charge is 0.379 e. The molecule has 0 spiro atoms. The molecule has 0 radical (unpaired) electrons.